The van der Waals surface area contributed by atoms with Crippen molar-refractivity contribution in [2.24, 2.45) is 0 Å². The molecular formula is C13H16BrF3O. The fourth-order valence-electron chi connectivity index (χ4n) is 1.81. The molecule has 1 nitrogen and oxygen atoms in total. The fourth-order valence-corrected chi connectivity index (χ4v) is 2.17. The van der Waals surface area contributed by atoms with Gasteiger partial charge in [0.25, 0.3) is 0 Å². The van der Waals surface area contributed by atoms with Gasteiger partial charge in [-0.1, -0.05) is 48.2 Å². The standard InChI is InChI=1S/C13H16BrF3O/c1-2-3-4-5-12(18)10-7-6-9(14)8-11(10)13(15,16)17/h6-8,12,18H,2-5H2,1H3. The zero-order chi connectivity index (χ0) is 13.8. The van der Waals surface area contributed by atoms with Gasteiger partial charge in [0, 0.05) is 4.47 Å². The number of halogens is 4. The molecule has 5 heteroatoms. The largest absolute Gasteiger partial charge is 0.416 e. The molecule has 0 aliphatic heterocycles. The SMILES string of the molecule is CCCCCC(O)c1ccc(Br)cc1C(F)(F)F. The minimum absolute atomic E-state index is 0.0400. The molecule has 0 fully saturated rings. The highest BCUT2D eigenvalue weighted by Gasteiger charge is 2.35. The first-order valence-corrected chi connectivity index (χ1v) is 6.70. The van der Waals surface area contributed by atoms with Gasteiger partial charge in [-0.05, 0) is 24.1 Å². The van der Waals surface area contributed by atoms with Crippen molar-refractivity contribution in [3.05, 3.63) is 33.8 Å². The quantitative estimate of drug-likeness (QED) is 0.748. The van der Waals surface area contributed by atoms with E-state index in [0.29, 0.717) is 10.9 Å². The van der Waals surface area contributed by atoms with Crippen LogP contribution in [0.3, 0.4) is 0 Å². The Morgan fingerprint density at radius 2 is 1.94 bits per heavy atom. The van der Waals surface area contributed by atoms with Crippen LogP contribution >= 0.6 is 15.9 Å². The zero-order valence-electron chi connectivity index (χ0n) is 10.1. The summed E-state index contributed by atoms with van der Waals surface area (Å²) in [6.45, 7) is 2.01. The van der Waals surface area contributed by atoms with Crippen molar-refractivity contribution in [3.63, 3.8) is 0 Å². The average Bonchev–Trinajstić information content (AvgIpc) is 2.28. The maximum atomic E-state index is 12.8. The summed E-state index contributed by atoms with van der Waals surface area (Å²) >= 11 is 3.02. The molecule has 0 radical (unpaired) electrons. The summed E-state index contributed by atoms with van der Waals surface area (Å²) in [7, 11) is 0. The lowest BCUT2D eigenvalue weighted by molar-refractivity contribution is -0.139. The smallest absolute Gasteiger partial charge is 0.388 e. The summed E-state index contributed by atoms with van der Waals surface area (Å²) in [5.74, 6) is 0. The Bertz CT molecular complexity index is 390. The molecule has 1 unspecified atom stereocenters. The van der Waals surface area contributed by atoms with Gasteiger partial charge in [-0.2, -0.15) is 13.2 Å². The van der Waals surface area contributed by atoms with Crippen LogP contribution in [0.2, 0.25) is 0 Å². The van der Waals surface area contributed by atoms with Crippen LogP contribution in [-0.4, -0.2) is 5.11 Å². The molecule has 0 spiro atoms. The Morgan fingerprint density at radius 3 is 2.50 bits per heavy atom. The second kappa shape index (κ2) is 6.57. The van der Waals surface area contributed by atoms with E-state index in [2.05, 4.69) is 15.9 Å². The third-order valence-corrected chi connectivity index (χ3v) is 3.25. The molecule has 0 aliphatic carbocycles. The number of unbranched alkanes of at least 4 members (excludes halogenated alkanes) is 2. The number of aliphatic hydroxyl groups excluding tert-OH is 1. The molecule has 0 aromatic heterocycles. The molecule has 1 aromatic rings. The molecule has 0 heterocycles. The minimum Gasteiger partial charge on any atom is -0.388 e. The van der Waals surface area contributed by atoms with Crippen molar-refractivity contribution < 1.29 is 18.3 Å². The van der Waals surface area contributed by atoms with Gasteiger partial charge in [-0.25, -0.2) is 0 Å². The first-order chi connectivity index (χ1) is 8.36. The normalized spacial score (nSPS) is 13.7. The van der Waals surface area contributed by atoms with Crippen LogP contribution in [0.5, 0.6) is 0 Å². The van der Waals surface area contributed by atoms with Crippen LogP contribution in [-0.2, 0) is 6.18 Å². The number of aliphatic hydroxyl groups is 1. The lowest BCUT2D eigenvalue weighted by Gasteiger charge is -2.17. The monoisotopic (exact) mass is 324 g/mol. The molecule has 0 bridgehead atoms. The van der Waals surface area contributed by atoms with E-state index >= 15 is 0 Å². The van der Waals surface area contributed by atoms with Gasteiger partial charge >= 0.3 is 6.18 Å². The van der Waals surface area contributed by atoms with Crippen LogP contribution in [0.1, 0.15) is 49.8 Å². The second-order valence-corrected chi connectivity index (χ2v) is 5.16. The summed E-state index contributed by atoms with van der Waals surface area (Å²) in [6, 6.07) is 3.87. The summed E-state index contributed by atoms with van der Waals surface area (Å²) in [6.07, 6.45) is -2.52. The Morgan fingerprint density at radius 1 is 1.28 bits per heavy atom. The highest BCUT2D eigenvalue weighted by molar-refractivity contribution is 9.10. The van der Waals surface area contributed by atoms with Gasteiger partial charge in [0.1, 0.15) is 0 Å². The van der Waals surface area contributed by atoms with Gasteiger partial charge < -0.3 is 5.11 Å². The van der Waals surface area contributed by atoms with Gasteiger partial charge in [0.2, 0.25) is 0 Å². The van der Waals surface area contributed by atoms with Crippen LogP contribution in [0.25, 0.3) is 0 Å². The van der Waals surface area contributed by atoms with Gasteiger partial charge in [0.05, 0.1) is 11.7 Å². The van der Waals surface area contributed by atoms with E-state index in [1.807, 2.05) is 6.92 Å². The van der Waals surface area contributed by atoms with E-state index < -0.39 is 17.8 Å². The number of hydrogen-bond donors (Lipinski definition) is 1. The van der Waals surface area contributed by atoms with E-state index in [1.54, 1.807) is 0 Å². The maximum absolute atomic E-state index is 12.8. The van der Waals surface area contributed by atoms with Gasteiger partial charge in [0.15, 0.2) is 0 Å². The Kier molecular flexibility index (Phi) is 5.66. The molecule has 102 valence electrons. The molecule has 1 aromatic carbocycles. The minimum atomic E-state index is -4.44. The van der Waals surface area contributed by atoms with Crippen LogP contribution in [0.15, 0.2) is 22.7 Å². The van der Waals surface area contributed by atoms with Crippen LogP contribution in [0, 0.1) is 0 Å². The van der Waals surface area contributed by atoms with Crippen LogP contribution in [0.4, 0.5) is 13.2 Å². The van der Waals surface area contributed by atoms with Crippen molar-refractivity contribution in [1.29, 1.82) is 0 Å². The summed E-state index contributed by atoms with van der Waals surface area (Å²) in [5, 5.41) is 9.87. The lowest BCUT2D eigenvalue weighted by atomic mass is 9.98. The highest BCUT2D eigenvalue weighted by atomic mass is 79.9. The Hall–Kier alpha value is -0.550. The first kappa shape index (κ1) is 15.5. The third-order valence-electron chi connectivity index (χ3n) is 2.76. The molecule has 0 amide bonds. The van der Waals surface area contributed by atoms with E-state index in [9.17, 15) is 18.3 Å². The average molecular weight is 325 g/mol. The molecule has 18 heavy (non-hydrogen) atoms. The Labute approximate surface area is 113 Å². The predicted molar refractivity (Wildman–Crippen MR) is 68.2 cm³/mol. The molecule has 0 saturated carbocycles. The van der Waals surface area contributed by atoms with Crippen molar-refractivity contribution in [3.8, 4) is 0 Å². The molecule has 0 aliphatic rings. The number of rotatable bonds is 5. The van der Waals surface area contributed by atoms with Crippen molar-refractivity contribution in [2.75, 3.05) is 0 Å². The van der Waals surface area contributed by atoms with Crippen molar-refractivity contribution in [2.45, 2.75) is 44.9 Å². The van der Waals surface area contributed by atoms with Crippen molar-refractivity contribution in [1.82, 2.24) is 0 Å². The molecule has 0 saturated heterocycles. The van der Waals surface area contributed by atoms with E-state index in [0.717, 1.165) is 25.3 Å². The number of benzene rings is 1. The summed E-state index contributed by atoms with van der Waals surface area (Å²) in [5.41, 5.74) is -0.803. The topological polar surface area (TPSA) is 20.2 Å². The molecule has 1 rings (SSSR count). The molecule has 1 atom stereocenters. The van der Waals surface area contributed by atoms with Gasteiger partial charge in [-0.3, -0.25) is 0 Å². The third kappa shape index (κ3) is 4.28. The summed E-state index contributed by atoms with van der Waals surface area (Å²) < 4.78 is 38.9. The first-order valence-electron chi connectivity index (χ1n) is 5.91. The molecular weight excluding hydrogens is 309 g/mol. The number of hydrogen-bond acceptors (Lipinski definition) is 1. The van der Waals surface area contributed by atoms with E-state index in [-0.39, 0.29) is 5.56 Å². The maximum Gasteiger partial charge on any atom is 0.416 e. The predicted octanol–water partition coefficient (Wildman–Crippen LogP) is 5.08. The second-order valence-electron chi connectivity index (χ2n) is 4.24. The lowest BCUT2D eigenvalue weighted by Crippen LogP contribution is -2.12. The van der Waals surface area contributed by atoms with Crippen LogP contribution < -0.4 is 0 Å². The van der Waals surface area contributed by atoms with E-state index in [4.69, 9.17) is 0 Å². The highest BCUT2D eigenvalue weighted by Crippen LogP contribution is 2.37. The van der Waals surface area contributed by atoms with E-state index in [1.165, 1.54) is 12.1 Å². The molecule has 1 N–H and O–H groups in total. The number of alkyl halides is 3. The summed E-state index contributed by atoms with van der Waals surface area (Å²) in [4.78, 5) is 0. The Balaban J connectivity index is 2.93. The van der Waals surface area contributed by atoms with Gasteiger partial charge in [-0.15, -0.1) is 0 Å². The fraction of sp³-hybridized carbons (Fsp3) is 0.538. The van der Waals surface area contributed by atoms with Crippen molar-refractivity contribution >= 4 is 15.9 Å². The zero-order valence-corrected chi connectivity index (χ0v) is 11.7.